The fraction of sp³-hybridized carbons (Fsp3) is 0.368. The van der Waals surface area contributed by atoms with E-state index >= 15 is 0 Å². The molecule has 1 aromatic carbocycles. The predicted molar refractivity (Wildman–Crippen MR) is 101 cm³/mol. The van der Waals surface area contributed by atoms with Crippen molar-refractivity contribution in [2.24, 2.45) is 0 Å². The van der Waals surface area contributed by atoms with Crippen LogP contribution in [-0.2, 0) is 16.6 Å². The van der Waals surface area contributed by atoms with Gasteiger partial charge in [-0.25, -0.2) is 0 Å². The molecule has 2 rings (SSSR count). The Morgan fingerprint density at radius 1 is 1.29 bits per heavy atom. The summed E-state index contributed by atoms with van der Waals surface area (Å²) in [5, 5.41) is 15.6. The van der Waals surface area contributed by atoms with E-state index in [1.165, 1.54) is 11.3 Å². The van der Waals surface area contributed by atoms with E-state index < -0.39 is 0 Å². The number of thiophene rings is 1. The average Bonchev–Trinajstić information content (AvgIpc) is 2.92. The van der Waals surface area contributed by atoms with Crippen molar-refractivity contribution in [3.05, 3.63) is 51.4 Å². The zero-order chi connectivity index (χ0) is 17.7. The van der Waals surface area contributed by atoms with Gasteiger partial charge < -0.3 is 5.32 Å². The minimum Gasteiger partial charge on any atom is -0.317 e. The molecular weight excluding hydrogens is 340 g/mol. The summed E-state index contributed by atoms with van der Waals surface area (Å²) in [6, 6.07) is 9.89. The number of rotatable bonds is 5. The summed E-state index contributed by atoms with van der Waals surface area (Å²) in [5.74, 6) is -0.0530. The van der Waals surface area contributed by atoms with E-state index in [9.17, 15) is 10.1 Å². The molecule has 0 unspecified atom stereocenters. The number of carbonyl (C=O) groups excluding carboxylic acids is 1. The summed E-state index contributed by atoms with van der Waals surface area (Å²) in [4.78, 5) is 12.1. The topological polar surface area (TPSA) is 52.9 Å². The second-order valence-corrected chi connectivity index (χ2v) is 8.06. The van der Waals surface area contributed by atoms with Crippen LogP contribution in [0.1, 0.15) is 50.3 Å². The zero-order valence-corrected chi connectivity index (χ0v) is 15.7. The van der Waals surface area contributed by atoms with E-state index in [1.807, 2.05) is 29.6 Å². The monoisotopic (exact) mass is 360 g/mol. The fourth-order valence-electron chi connectivity index (χ4n) is 2.41. The summed E-state index contributed by atoms with van der Waals surface area (Å²) < 4.78 is 0. The minimum absolute atomic E-state index is 0.0530. The Morgan fingerprint density at radius 3 is 2.54 bits per heavy atom. The van der Waals surface area contributed by atoms with Gasteiger partial charge in [0.1, 0.15) is 11.1 Å². The van der Waals surface area contributed by atoms with Crippen LogP contribution in [0, 0.1) is 11.3 Å². The van der Waals surface area contributed by atoms with Crippen molar-refractivity contribution in [2.45, 2.75) is 45.4 Å². The highest BCUT2D eigenvalue weighted by molar-refractivity contribution is 7.14. The Balaban J connectivity index is 1.92. The average molecular weight is 361 g/mol. The number of halogens is 1. The maximum atomic E-state index is 12.1. The van der Waals surface area contributed by atoms with Gasteiger partial charge in [0.05, 0.1) is 5.56 Å². The molecule has 0 bridgehead atoms. The van der Waals surface area contributed by atoms with Gasteiger partial charge in [-0.1, -0.05) is 44.5 Å². The lowest BCUT2D eigenvalue weighted by atomic mass is 9.86. The van der Waals surface area contributed by atoms with E-state index in [0.717, 1.165) is 24.0 Å². The minimum atomic E-state index is -0.112. The number of nitrogens with zero attached hydrogens (tertiary/aromatic N) is 1. The number of nitriles is 1. The Kier molecular flexibility index (Phi) is 6.04. The molecule has 0 saturated heterocycles. The number of benzene rings is 1. The Bertz CT molecular complexity index is 751. The van der Waals surface area contributed by atoms with Crippen molar-refractivity contribution < 1.29 is 4.79 Å². The van der Waals surface area contributed by atoms with Crippen LogP contribution in [0.4, 0.5) is 5.00 Å². The molecule has 0 aliphatic heterocycles. The summed E-state index contributed by atoms with van der Waals surface area (Å²) in [6.45, 7) is 6.19. The predicted octanol–water partition coefficient (Wildman–Crippen LogP) is 5.53. The maximum Gasteiger partial charge on any atom is 0.225 e. The lowest BCUT2D eigenvalue weighted by molar-refractivity contribution is -0.116. The van der Waals surface area contributed by atoms with Gasteiger partial charge in [0.15, 0.2) is 0 Å². The van der Waals surface area contributed by atoms with Crippen LogP contribution in [0.25, 0.3) is 0 Å². The van der Waals surface area contributed by atoms with E-state index in [4.69, 9.17) is 11.6 Å². The highest BCUT2D eigenvalue weighted by Crippen LogP contribution is 2.35. The molecule has 1 aromatic heterocycles. The molecule has 0 radical (unpaired) electrons. The summed E-state index contributed by atoms with van der Waals surface area (Å²) in [5.41, 5.74) is 2.61. The number of anilines is 1. The molecular formula is C19H21ClN2OS. The molecule has 1 amide bonds. The van der Waals surface area contributed by atoms with E-state index in [-0.39, 0.29) is 11.3 Å². The van der Waals surface area contributed by atoms with Crippen LogP contribution >= 0.6 is 22.9 Å². The SMILES string of the molecule is CC(C)(C)c1csc(NC(=O)CCCc2ccc(Cl)cc2)c1C#N. The van der Waals surface area contributed by atoms with E-state index in [1.54, 1.807) is 0 Å². The highest BCUT2D eigenvalue weighted by atomic mass is 35.5. The van der Waals surface area contributed by atoms with Gasteiger partial charge in [-0.15, -0.1) is 11.3 Å². The first-order valence-electron chi connectivity index (χ1n) is 7.87. The van der Waals surface area contributed by atoms with Crippen molar-refractivity contribution in [2.75, 3.05) is 5.32 Å². The summed E-state index contributed by atoms with van der Waals surface area (Å²) in [6.07, 6.45) is 2.01. The number of hydrogen-bond donors (Lipinski definition) is 1. The van der Waals surface area contributed by atoms with Crippen molar-refractivity contribution >= 4 is 33.8 Å². The first kappa shape index (κ1) is 18.5. The van der Waals surface area contributed by atoms with Gasteiger partial charge in [0.2, 0.25) is 5.91 Å². The van der Waals surface area contributed by atoms with Crippen molar-refractivity contribution in [1.29, 1.82) is 5.26 Å². The lowest BCUT2D eigenvalue weighted by Gasteiger charge is -2.17. The molecule has 3 nitrogen and oxygen atoms in total. The first-order valence-corrected chi connectivity index (χ1v) is 9.13. The van der Waals surface area contributed by atoms with E-state index in [2.05, 4.69) is 32.2 Å². The van der Waals surface area contributed by atoms with Crippen LogP contribution in [0.2, 0.25) is 5.02 Å². The molecule has 1 N–H and O–H groups in total. The largest absolute Gasteiger partial charge is 0.317 e. The highest BCUT2D eigenvalue weighted by Gasteiger charge is 2.23. The molecule has 126 valence electrons. The zero-order valence-electron chi connectivity index (χ0n) is 14.1. The molecule has 0 spiro atoms. The molecule has 0 atom stereocenters. The maximum absolute atomic E-state index is 12.1. The van der Waals surface area contributed by atoms with Gasteiger partial charge >= 0.3 is 0 Å². The Morgan fingerprint density at radius 2 is 1.96 bits per heavy atom. The molecule has 2 aromatic rings. The summed E-state index contributed by atoms with van der Waals surface area (Å²) >= 11 is 7.28. The number of hydrogen-bond acceptors (Lipinski definition) is 3. The van der Waals surface area contributed by atoms with Gasteiger partial charge in [-0.05, 0) is 46.9 Å². The smallest absolute Gasteiger partial charge is 0.225 e. The number of aryl methyl sites for hydroxylation is 1. The molecule has 24 heavy (non-hydrogen) atoms. The van der Waals surface area contributed by atoms with Crippen LogP contribution in [0.15, 0.2) is 29.6 Å². The quantitative estimate of drug-likeness (QED) is 0.761. The third-order valence-corrected chi connectivity index (χ3v) is 4.89. The first-order chi connectivity index (χ1) is 11.3. The molecule has 5 heteroatoms. The van der Waals surface area contributed by atoms with Gasteiger partial charge in [-0.3, -0.25) is 4.79 Å². The molecule has 0 fully saturated rings. The van der Waals surface area contributed by atoms with Crippen LogP contribution in [0.5, 0.6) is 0 Å². The van der Waals surface area contributed by atoms with Crippen LogP contribution in [-0.4, -0.2) is 5.91 Å². The number of nitrogens with one attached hydrogen (secondary N) is 1. The molecule has 0 aliphatic rings. The molecule has 0 saturated carbocycles. The third kappa shape index (κ3) is 4.83. The van der Waals surface area contributed by atoms with Crippen LogP contribution < -0.4 is 5.32 Å². The summed E-state index contributed by atoms with van der Waals surface area (Å²) in [7, 11) is 0. The second-order valence-electron chi connectivity index (χ2n) is 6.74. The number of amides is 1. The second kappa shape index (κ2) is 7.83. The van der Waals surface area contributed by atoms with E-state index in [0.29, 0.717) is 22.0 Å². The molecule has 1 heterocycles. The van der Waals surface area contributed by atoms with Crippen LogP contribution in [0.3, 0.4) is 0 Å². The lowest BCUT2D eigenvalue weighted by Crippen LogP contribution is -2.14. The van der Waals surface area contributed by atoms with Gasteiger partial charge in [0, 0.05) is 11.4 Å². The standard InChI is InChI=1S/C19H21ClN2OS/c1-19(2,3)16-12-24-18(15(16)11-21)22-17(23)6-4-5-13-7-9-14(20)10-8-13/h7-10,12H,4-6H2,1-3H3,(H,22,23). The Hall–Kier alpha value is -1.83. The van der Waals surface area contributed by atoms with Crippen molar-refractivity contribution in [1.82, 2.24) is 0 Å². The Labute approximate surface area is 152 Å². The third-order valence-electron chi connectivity index (χ3n) is 3.75. The fourth-order valence-corrected chi connectivity index (χ4v) is 3.69. The van der Waals surface area contributed by atoms with Crippen molar-refractivity contribution in [3.8, 4) is 6.07 Å². The normalized spacial score (nSPS) is 11.1. The van der Waals surface area contributed by atoms with Gasteiger partial charge in [0.25, 0.3) is 0 Å². The number of carbonyl (C=O) groups is 1. The molecule has 0 aliphatic carbocycles. The van der Waals surface area contributed by atoms with Crippen molar-refractivity contribution in [3.63, 3.8) is 0 Å². The van der Waals surface area contributed by atoms with Gasteiger partial charge in [-0.2, -0.15) is 5.26 Å².